The Bertz CT molecular complexity index is 886. The zero-order valence-corrected chi connectivity index (χ0v) is 15.6. The minimum Gasteiger partial charge on any atom is -0.467 e. The minimum absolute atomic E-state index is 0.233. The molecule has 0 bridgehead atoms. The van der Waals surface area contributed by atoms with Gasteiger partial charge in [-0.05, 0) is 55.7 Å². The molecule has 0 saturated carbocycles. The molecule has 2 N–H and O–H groups in total. The van der Waals surface area contributed by atoms with Crippen LogP contribution in [-0.2, 0) is 6.54 Å². The summed E-state index contributed by atoms with van der Waals surface area (Å²) in [4.78, 5) is 23.2. The van der Waals surface area contributed by atoms with E-state index in [1.807, 2.05) is 24.3 Å². The molecule has 7 nitrogen and oxygen atoms in total. The first-order valence-electron chi connectivity index (χ1n) is 9.52. The van der Waals surface area contributed by atoms with Gasteiger partial charge in [0.2, 0.25) is 5.95 Å². The number of amides is 1. The normalized spacial score (nSPS) is 13.9. The van der Waals surface area contributed by atoms with Gasteiger partial charge >= 0.3 is 0 Å². The van der Waals surface area contributed by atoms with Gasteiger partial charge in [-0.2, -0.15) is 0 Å². The molecule has 0 spiro atoms. The summed E-state index contributed by atoms with van der Waals surface area (Å²) in [7, 11) is 0. The first-order valence-corrected chi connectivity index (χ1v) is 9.52. The molecule has 1 aliphatic rings. The van der Waals surface area contributed by atoms with Crippen LogP contribution in [0.5, 0.6) is 0 Å². The highest BCUT2D eigenvalue weighted by molar-refractivity contribution is 6.03. The van der Waals surface area contributed by atoms with Crippen LogP contribution in [0, 0.1) is 0 Å². The number of hydrogen-bond acceptors (Lipinski definition) is 6. The first kappa shape index (κ1) is 18.0. The third-order valence-corrected chi connectivity index (χ3v) is 4.76. The van der Waals surface area contributed by atoms with E-state index in [-0.39, 0.29) is 5.91 Å². The summed E-state index contributed by atoms with van der Waals surface area (Å²) < 4.78 is 5.25. The van der Waals surface area contributed by atoms with Gasteiger partial charge in [0.05, 0.1) is 18.4 Å². The van der Waals surface area contributed by atoms with Crippen molar-refractivity contribution in [1.29, 1.82) is 0 Å². The molecule has 1 amide bonds. The predicted octanol–water partition coefficient (Wildman–Crippen LogP) is 3.92. The number of furan rings is 1. The summed E-state index contributed by atoms with van der Waals surface area (Å²) in [6, 6.07) is 11.7. The van der Waals surface area contributed by atoms with Crippen LogP contribution in [0.3, 0.4) is 0 Å². The monoisotopic (exact) mass is 377 g/mol. The van der Waals surface area contributed by atoms with Crippen molar-refractivity contribution < 1.29 is 9.21 Å². The Hall–Kier alpha value is -3.35. The minimum atomic E-state index is -0.233. The van der Waals surface area contributed by atoms with Gasteiger partial charge in [-0.3, -0.25) is 4.79 Å². The van der Waals surface area contributed by atoms with Gasteiger partial charge in [0.1, 0.15) is 5.76 Å². The molecule has 0 radical (unpaired) electrons. The average Bonchev–Trinajstić information content (AvgIpc) is 3.27. The quantitative estimate of drug-likeness (QED) is 0.677. The number of hydrogen-bond donors (Lipinski definition) is 2. The van der Waals surface area contributed by atoms with Crippen molar-refractivity contribution in [3.8, 4) is 0 Å². The van der Waals surface area contributed by atoms with Crippen LogP contribution >= 0.6 is 0 Å². The lowest BCUT2D eigenvalue weighted by atomic mass is 10.1. The molecular weight excluding hydrogens is 354 g/mol. The molecule has 4 rings (SSSR count). The predicted molar refractivity (Wildman–Crippen MR) is 109 cm³/mol. The van der Waals surface area contributed by atoms with E-state index in [1.165, 1.54) is 37.3 Å². The molecule has 3 aromatic rings. The van der Waals surface area contributed by atoms with Crippen LogP contribution in [0.15, 0.2) is 59.5 Å². The van der Waals surface area contributed by atoms with Crippen molar-refractivity contribution in [2.24, 2.45) is 0 Å². The standard InChI is InChI=1S/C21H23N5O2/c27-20(16-13-22-21(23-14-16)24-15-19-5-4-12-28-19)25-17-6-8-18(9-7-17)26-10-2-1-3-11-26/h4-9,12-14H,1-3,10-11,15H2,(H,25,27)(H,22,23,24). The molecule has 0 atom stereocenters. The third-order valence-electron chi connectivity index (χ3n) is 4.76. The molecule has 1 saturated heterocycles. The maximum absolute atomic E-state index is 12.4. The number of anilines is 3. The maximum atomic E-state index is 12.4. The number of nitrogens with one attached hydrogen (secondary N) is 2. The summed E-state index contributed by atoms with van der Waals surface area (Å²) >= 11 is 0. The lowest BCUT2D eigenvalue weighted by molar-refractivity contribution is 0.102. The van der Waals surface area contributed by atoms with Gasteiger partial charge in [-0.1, -0.05) is 0 Å². The highest BCUT2D eigenvalue weighted by Gasteiger charge is 2.12. The van der Waals surface area contributed by atoms with Crippen molar-refractivity contribution in [1.82, 2.24) is 9.97 Å². The molecule has 0 aliphatic carbocycles. The Labute approximate surface area is 163 Å². The van der Waals surface area contributed by atoms with Crippen molar-refractivity contribution in [3.63, 3.8) is 0 Å². The molecule has 3 heterocycles. The van der Waals surface area contributed by atoms with Crippen molar-refractivity contribution in [2.75, 3.05) is 28.6 Å². The summed E-state index contributed by atoms with van der Waals surface area (Å²) in [6.45, 7) is 2.69. The number of aromatic nitrogens is 2. The Balaban J connectivity index is 1.32. The highest BCUT2D eigenvalue weighted by Crippen LogP contribution is 2.22. The number of piperidine rings is 1. The van der Waals surface area contributed by atoms with Gasteiger partial charge in [-0.15, -0.1) is 0 Å². The van der Waals surface area contributed by atoms with E-state index in [4.69, 9.17) is 4.42 Å². The molecule has 0 unspecified atom stereocenters. The zero-order chi connectivity index (χ0) is 19.2. The number of carbonyl (C=O) groups excluding carboxylic acids is 1. The molecule has 2 aromatic heterocycles. The fourth-order valence-electron chi connectivity index (χ4n) is 3.23. The molecule has 7 heteroatoms. The van der Waals surface area contributed by atoms with Crippen LogP contribution in [0.1, 0.15) is 35.4 Å². The fraction of sp³-hybridized carbons (Fsp3) is 0.286. The second kappa shape index (κ2) is 8.56. The highest BCUT2D eigenvalue weighted by atomic mass is 16.3. The lowest BCUT2D eigenvalue weighted by Gasteiger charge is -2.28. The Morgan fingerprint density at radius 2 is 1.79 bits per heavy atom. The Morgan fingerprint density at radius 3 is 2.46 bits per heavy atom. The number of rotatable bonds is 6. The van der Waals surface area contributed by atoms with Crippen molar-refractivity contribution in [2.45, 2.75) is 25.8 Å². The number of benzene rings is 1. The van der Waals surface area contributed by atoms with E-state index in [0.29, 0.717) is 18.1 Å². The molecule has 1 aromatic carbocycles. The zero-order valence-electron chi connectivity index (χ0n) is 15.6. The van der Waals surface area contributed by atoms with Crippen LogP contribution in [0.2, 0.25) is 0 Å². The summed E-state index contributed by atoms with van der Waals surface area (Å²) in [5, 5.41) is 5.94. The van der Waals surface area contributed by atoms with Gasteiger partial charge in [0.25, 0.3) is 5.91 Å². The largest absolute Gasteiger partial charge is 0.467 e. The second-order valence-electron chi connectivity index (χ2n) is 6.78. The third kappa shape index (κ3) is 4.49. The number of carbonyl (C=O) groups is 1. The SMILES string of the molecule is O=C(Nc1ccc(N2CCCCC2)cc1)c1cnc(NCc2ccco2)nc1. The van der Waals surface area contributed by atoms with E-state index in [9.17, 15) is 4.79 Å². The van der Waals surface area contributed by atoms with E-state index in [2.05, 4.69) is 37.6 Å². The second-order valence-corrected chi connectivity index (χ2v) is 6.78. The smallest absolute Gasteiger partial charge is 0.258 e. The molecule has 1 fully saturated rings. The Kier molecular flexibility index (Phi) is 5.51. The van der Waals surface area contributed by atoms with Crippen LogP contribution in [0.4, 0.5) is 17.3 Å². The van der Waals surface area contributed by atoms with E-state index < -0.39 is 0 Å². The fourth-order valence-corrected chi connectivity index (χ4v) is 3.23. The van der Waals surface area contributed by atoms with E-state index in [0.717, 1.165) is 24.5 Å². The number of nitrogens with zero attached hydrogens (tertiary/aromatic N) is 3. The molecular formula is C21H23N5O2. The van der Waals surface area contributed by atoms with Crippen LogP contribution in [-0.4, -0.2) is 29.0 Å². The molecule has 28 heavy (non-hydrogen) atoms. The van der Waals surface area contributed by atoms with Crippen LogP contribution in [0.25, 0.3) is 0 Å². The average molecular weight is 377 g/mol. The van der Waals surface area contributed by atoms with Crippen molar-refractivity contribution in [3.05, 3.63) is 66.4 Å². The summed E-state index contributed by atoms with van der Waals surface area (Å²) in [5.41, 5.74) is 2.36. The van der Waals surface area contributed by atoms with E-state index >= 15 is 0 Å². The first-order chi connectivity index (χ1) is 13.8. The molecule has 144 valence electrons. The lowest BCUT2D eigenvalue weighted by Crippen LogP contribution is -2.29. The van der Waals surface area contributed by atoms with Crippen molar-refractivity contribution >= 4 is 23.2 Å². The van der Waals surface area contributed by atoms with Gasteiger partial charge in [0, 0.05) is 36.9 Å². The topological polar surface area (TPSA) is 83.3 Å². The van der Waals surface area contributed by atoms with Gasteiger partial charge < -0.3 is 20.0 Å². The van der Waals surface area contributed by atoms with Gasteiger partial charge in [0.15, 0.2) is 0 Å². The van der Waals surface area contributed by atoms with E-state index in [1.54, 1.807) is 6.26 Å². The maximum Gasteiger partial charge on any atom is 0.258 e. The molecule has 1 aliphatic heterocycles. The van der Waals surface area contributed by atoms with Gasteiger partial charge in [-0.25, -0.2) is 9.97 Å². The summed E-state index contributed by atoms with van der Waals surface area (Å²) in [5.74, 6) is 1.00. The summed E-state index contributed by atoms with van der Waals surface area (Å²) in [6.07, 6.45) is 8.42. The van der Waals surface area contributed by atoms with Crippen LogP contribution < -0.4 is 15.5 Å². The Morgan fingerprint density at radius 1 is 1.04 bits per heavy atom.